The van der Waals surface area contributed by atoms with Crippen LogP contribution in [0.25, 0.3) is 5.69 Å². The van der Waals surface area contributed by atoms with E-state index in [1.165, 1.54) is 6.07 Å². The monoisotopic (exact) mass is 360 g/mol. The van der Waals surface area contributed by atoms with Crippen LogP contribution in [0.1, 0.15) is 26.5 Å². The molecule has 0 spiro atoms. The van der Waals surface area contributed by atoms with Crippen LogP contribution in [-0.2, 0) is 5.41 Å². The van der Waals surface area contributed by atoms with E-state index in [1.54, 1.807) is 16.8 Å². The highest BCUT2D eigenvalue weighted by molar-refractivity contribution is 14.1. The lowest BCUT2D eigenvalue weighted by Gasteiger charge is -2.20. The second-order valence-corrected chi connectivity index (χ2v) is 6.14. The third kappa shape index (κ3) is 2.21. The summed E-state index contributed by atoms with van der Waals surface area (Å²) in [7, 11) is 0. The molecular weight excluding hydrogens is 346 g/mol. The number of hydrogen-bond donors (Lipinski definition) is 1. The largest absolute Gasteiger partial charge is 0.381 e. The summed E-state index contributed by atoms with van der Waals surface area (Å²) >= 11 is 1.96. The number of benzene rings is 1. The molecule has 96 valence electrons. The number of rotatable bonds is 1. The molecule has 6 heteroatoms. The van der Waals surface area contributed by atoms with Crippen LogP contribution < -0.4 is 5.73 Å². The molecular formula is C12H14FIN4. The molecule has 0 aliphatic carbocycles. The fraction of sp³-hybridized carbons (Fsp3) is 0.333. The molecule has 0 aliphatic rings. The standard InChI is InChI=1S/C12H14FIN4/c1-12(2,3)10-11(15)16-17-18(10)8-6-4-5-7(13)9(8)14/h4-6H,15H2,1-3H3. The zero-order valence-electron chi connectivity index (χ0n) is 10.4. The Kier molecular flexibility index (Phi) is 3.31. The first-order valence-electron chi connectivity index (χ1n) is 5.48. The van der Waals surface area contributed by atoms with Gasteiger partial charge in [0.25, 0.3) is 0 Å². The molecule has 1 heterocycles. The van der Waals surface area contributed by atoms with Crippen LogP contribution in [0.2, 0.25) is 0 Å². The van der Waals surface area contributed by atoms with Crippen molar-refractivity contribution in [1.82, 2.24) is 15.0 Å². The van der Waals surface area contributed by atoms with E-state index >= 15 is 0 Å². The predicted octanol–water partition coefficient (Wildman–Crippen LogP) is 2.89. The van der Waals surface area contributed by atoms with Crippen LogP contribution in [-0.4, -0.2) is 15.0 Å². The van der Waals surface area contributed by atoms with Gasteiger partial charge in [-0.05, 0) is 34.7 Å². The number of anilines is 1. The van der Waals surface area contributed by atoms with Crippen molar-refractivity contribution in [3.8, 4) is 5.69 Å². The van der Waals surface area contributed by atoms with E-state index in [0.29, 0.717) is 15.1 Å². The molecule has 0 fully saturated rings. The van der Waals surface area contributed by atoms with Gasteiger partial charge in [-0.25, -0.2) is 9.07 Å². The molecule has 0 bridgehead atoms. The fourth-order valence-electron chi connectivity index (χ4n) is 1.82. The second kappa shape index (κ2) is 4.49. The summed E-state index contributed by atoms with van der Waals surface area (Å²) in [6.07, 6.45) is 0. The van der Waals surface area contributed by atoms with Crippen molar-refractivity contribution in [2.45, 2.75) is 26.2 Å². The first-order chi connectivity index (χ1) is 8.32. The van der Waals surface area contributed by atoms with Gasteiger partial charge in [-0.15, -0.1) is 5.10 Å². The highest BCUT2D eigenvalue weighted by atomic mass is 127. The maximum Gasteiger partial charge on any atom is 0.170 e. The summed E-state index contributed by atoms with van der Waals surface area (Å²) in [6, 6.07) is 4.87. The van der Waals surface area contributed by atoms with Crippen LogP contribution in [0.5, 0.6) is 0 Å². The van der Waals surface area contributed by atoms with E-state index in [0.717, 1.165) is 5.69 Å². The number of aromatic nitrogens is 3. The first-order valence-corrected chi connectivity index (χ1v) is 6.56. The molecule has 2 rings (SSSR count). The maximum atomic E-state index is 13.6. The molecule has 0 saturated heterocycles. The van der Waals surface area contributed by atoms with Gasteiger partial charge in [0.05, 0.1) is 15.0 Å². The Morgan fingerprint density at radius 1 is 1.33 bits per heavy atom. The Labute approximate surface area is 119 Å². The van der Waals surface area contributed by atoms with Crippen LogP contribution >= 0.6 is 22.6 Å². The summed E-state index contributed by atoms with van der Waals surface area (Å²) in [6.45, 7) is 6.06. The van der Waals surface area contributed by atoms with Gasteiger partial charge in [-0.2, -0.15) is 0 Å². The zero-order valence-corrected chi connectivity index (χ0v) is 12.6. The SMILES string of the molecule is CC(C)(C)c1c(N)nnn1-c1cccc(F)c1I. The molecule has 18 heavy (non-hydrogen) atoms. The van der Waals surface area contributed by atoms with Gasteiger partial charge < -0.3 is 5.73 Å². The summed E-state index contributed by atoms with van der Waals surface area (Å²) in [4.78, 5) is 0. The normalized spacial score (nSPS) is 11.8. The molecule has 2 N–H and O–H groups in total. The molecule has 0 atom stereocenters. The minimum atomic E-state index is -0.276. The third-order valence-corrected chi connectivity index (χ3v) is 3.63. The van der Waals surface area contributed by atoms with Crippen molar-refractivity contribution in [3.05, 3.63) is 33.3 Å². The molecule has 2 aromatic rings. The van der Waals surface area contributed by atoms with Gasteiger partial charge in [0.15, 0.2) is 5.82 Å². The van der Waals surface area contributed by atoms with Crippen LogP contribution in [0, 0.1) is 9.39 Å². The number of nitrogen functional groups attached to an aromatic ring is 1. The smallest absolute Gasteiger partial charge is 0.170 e. The quantitative estimate of drug-likeness (QED) is 0.796. The van der Waals surface area contributed by atoms with Crippen LogP contribution in [0.3, 0.4) is 0 Å². The molecule has 0 aliphatic heterocycles. The van der Waals surface area contributed by atoms with Crippen molar-refractivity contribution in [1.29, 1.82) is 0 Å². The lowest BCUT2D eigenvalue weighted by molar-refractivity contribution is 0.541. The second-order valence-electron chi connectivity index (χ2n) is 5.06. The Morgan fingerprint density at radius 2 is 2.00 bits per heavy atom. The highest BCUT2D eigenvalue weighted by Crippen LogP contribution is 2.30. The lowest BCUT2D eigenvalue weighted by atomic mass is 9.91. The Balaban J connectivity index is 2.70. The van der Waals surface area contributed by atoms with Gasteiger partial charge in [-0.1, -0.05) is 32.1 Å². The number of nitrogens with zero attached hydrogens (tertiary/aromatic N) is 3. The molecule has 0 unspecified atom stereocenters. The summed E-state index contributed by atoms with van der Waals surface area (Å²) in [5, 5.41) is 7.92. The molecule has 1 aromatic heterocycles. The molecule has 0 amide bonds. The molecule has 0 radical (unpaired) electrons. The van der Waals surface area contributed by atoms with Crippen molar-refractivity contribution in [2.75, 3.05) is 5.73 Å². The predicted molar refractivity (Wildman–Crippen MR) is 77.1 cm³/mol. The van der Waals surface area contributed by atoms with Crippen molar-refractivity contribution >= 4 is 28.4 Å². The summed E-state index contributed by atoms with van der Waals surface area (Å²) in [5.41, 5.74) is 7.08. The minimum Gasteiger partial charge on any atom is -0.381 e. The fourth-order valence-corrected chi connectivity index (χ4v) is 2.41. The molecule has 4 nitrogen and oxygen atoms in total. The molecule has 0 saturated carbocycles. The van der Waals surface area contributed by atoms with Crippen molar-refractivity contribution in [2.24, 2.45) is 0 Å². The topological polar surface area (TPSA) is 56.7 Å². The van der Waals surface area contributed by atoms with Crippen LogP contribution in [0.15, 0.2) is 18.2 Å². The lowest BCUT2D eigenvalue weighted by Crippen LogP contribution is -2.19. The van der Waals surface area contributed by atoms with Crippen molar-refractivity contribution in [3.63, 3.8) is 0 Å². The zero-order chi connectivity index (χ0) is 13.5. The minimum absolute atomic E-state index is 0.219. The van der Waals surface area contributed by atoms with E-state index in [4.69, 9.17) is 5.73 Å². The van der Waals surface area contributed by atoms with Gasteiger partial charge >= 0.3 is 0 Å². The Morgan fingerprint density at radius 3 is 2.61 bits per heavy atom. The first kappa shape index (κ1) is 13.3. The number of halogens is 2. The van der Waals surface area contributed by atoms with Gasteiger partial charge in [-0.3, -0.25) is 0 Å². The van der Waals surface area contributed by atoms with E-state index in [1.807, 2.05) is 43.4 Å². The third-order valence-electron chi connectivity index (χ3n) is 2.57. The Bertz CT molecular complexity index is 586. The average Bonchev–Trinajstić information content (AvgIpc) is 2.64. The van der Waals surface area contributed by atoms with E-state index in [2.05, 4.69) is 10.3 Å². The summed E-state index contributed by atoms with van der Waals surface area (Å²) < 4.78 is 15.7. The average molecular weight is 360 g/mol. The van der Waals surface area contributed by atoms with E-state index in [9.17, 15) is 4.39 Å². The van der Waals surface area contributed by atoms with Crippen LogP contribution in [0.4, 0.5) is 10.2 Å². The number of nitrogens with two attached hydrogens (primary N) is 1. The van der Waals surface area contributed by atoms with E-state index < -0.39 is 0 Å². The maximum absolute atomic E-state index is 13.6. The van der Waals surface area contributed by atoms with Gasteiger partial charge in [0.2, 0.25) is 0 Å². The van der Waals surface area contributed by atoms with Crippen molar-refractivity contribution < 1.29 is 4.39 Å². The van der Waals surface area contributed by atoms with Gasteiger partial charge in [0.1, 0.15) is 5.82 Å². The molecule has 1 aromatic carbocycles. The van der Waals surface area contributed by atoms with Gasteiger partial charge in [0, 0.05) is 5.41 Å². The number of hydrogen-bond acceptors (Lipinski definition) is 3. The van der Waals surface area contributed by atoms with E-state index in [-0.39, 0.29) is 11.2 Å². The highest BCUT2D eigenvalue weighted by Gasteiger charge is 2.26. The Hall–Kier alpha value is -1.18. The summed E-state index contributed by atoms with van der Waals surface area (Å²) in [5.74, 6) is 0.101.